The molecule has 0 aliphatic carbocycles. The predicted molar refractivity (Wildman–Crippen MR) is 101 cm³/mol. The molecule has 0 aliphatic heterocycles. The smallest absolute Gasteiger partial charge is 0.190 e. The second-order valence-electron chi connectivity index (χ2n) is 4.97. The number of anilines is 1. The molecule has 2 N–H and O–H groups in total. The highest BCUT2D eigenvalue weighted by Gasteiger charge is 2.06. The van der Waals surface area contributed by atoms with Crippen LogP contribution in [0, 0.1) is 0 Å². The van der Waals surface area contributed by atoms with Gasteiger partial charge in [0.1, 0.15) is 5.75 Å². The largest absolute Gasteiger partial charge is 0.497 e. The Morgan fingerprint density at radius 2 is 2.04 bits per heavy atom. The summed E-state index contributed by atoms with van der Waals surface area (Å²) in [4.78, 5) is 4.52. The first-order chi connectivity index (χ1) is 11.2. The van der Waals surface area contributed by atoms with Crippen LogP contribution in [0.5, 0.6) is 5.75 Å². The van der Waals surface area contributed by atoms with Gasteiger partial charge in [0.05, 0.1) is 17.3 Å². The van der Waals surface area contributed by atoms with Crippen molar-refractivity contribution in [2.45, 2.75) is 6.42 Å². The number of thiocarbonyl (C=S) groups is 1. The molecule has 0 radical (unpaired) electrons. The Kier molecular flexibility index (Phi) is 5.05. The van der Waals surface area contributed by atoms with Gasteiger partial charge < -0.3 is 15.4 Å². The summed E-state index contributed by atoms with van der Waals surface area (Å²) in [6.45, 7) is 0.786. The minimum atomic E-state index is 0.590. The van der Waals surface area contributed by atoms with Crippen molar-refractivity contribution in [3.8, 4) is 5.75 Å². The van der Waals surface area contributed by atoms with Gasteiger partial charge in [0.2, 0.25) is 0 Å². The van der Waals surface area contributed by atoms with Crippen molar-refractivity contribution in [2.75, 3.05) is 19.0 Å². The number of fused-ring (bicyclic) bond motifs is 1. The molecule has 118 valence electrons. The molecule has 1 aromatic heterocycles. The standard InChI is InChI=1S/C17H17N3OS2/c1-21-13-7-8-14-15(11-13)23-17(19-14)20-16(22)18-10-9-12-5-3-2-4-6-12/h2-8,11H,9-10H2,1H3,(H2,18,19,20,22). The van der Waals surface area contributed by atoms with E-state index in [4.69, 9.17) is 17.0 Å². The zero-order valence-electron chi connectivity index (χ0n) is 12.7. The molecule has 0 fully saturated rings. The van der Waals surface area contributed by atoms with E-state index in [0.29, 0.717) is 5.11 Å². The molecule has 3 aromatic rings. The highest BCUT2D eigenvalue weighted by atomic mass is 32.1. The Labute approximate surface area is 144 Å². The first kappa shape index (κ1) is 15.7. The summed E-state index contributed by atoms with van der Waals surface area (Å²) in [5.41, 5.74) is 2.22. The van der Waals surface area contributed by atoms with Crippen LogP contribution in [0.15, 0.2) is 48.5 Å². The fraction of sp³-hybridized carbons (Fsp3) is 0.176. The van der Waals surface area contributed by atoms with E-state index >= 15 is 0 Å². The molecule has 3 rings (SSSR count). The molecule has 0 unspecified atom stereocenters. The molecule has 0 aliphatic rings. The summed E-state index contributed by atoms with van der Waals surface area (Å²) < 4.78 is 6.30. The lowest BCUT2D eigenvalue weighted by atomic mass is 10.1. The van der Waals surface area contributed by atoms with Gasteiger partial charge in [-0.25, -0.2) is 4.98 Å². The van der Waals surface area contributed by atoms with Crippen molar-refractivity contribution in [3.63, 3.8) is 0 Å². The number of benzene rings is 2. The van der Waals surface area contributed by atoms with Crippen molar-refractivity contribution in [1.82, 2.24) is 10.3 Å². The molecule has 1 heterocycles. The van der Waals surface area contributed by atoms with Crippen molar-refractivity contribution in [2.24, 2.45) is 0 Å². The molecule has 2 aromatic carbocycles. The van der Waals surface area contributed by atoms with Gasteiger partial charge in [-0.05, 0) is 42.4 Å². The van der Waals surface area contributed by atoms with Gasteiger partial charge in [-0.3, -0.25) is 0 Å². The zero-order valence-corrected chi connectivity index (χ0v) is 14.3. The van der Waals surface area contributed by atoms with E-state index in [2.05, 4.69) is 27.8 Å². The minimum absolute atomic E-state index is 0.590. The van der Waals surface area contributed by atoms with Gasteiger partial charge in [-0.1, -0.05) is 41.7 Å². The van der Waals surface area contributed by atoms with E-state index in [1.54, 1.807) is 18.4 Å². The van der Waals surface area contributed by atoms with E-state index in [1.165, 1.54) is 5.56 Å². The maximum absolute atomic E-state index is 5.32. The summed E-state index contributed by atoms with van der Waals surface area (Å²) in [6, 6.07) is 16.2. The van der Waals surface area contributed by atoms with Gasteiger partial charge in [-0.15, -0.1) is 0 Å². The highest BCUT2D eigenvalue weighted by molar-refractivity contribution is 7.80. The normalized spacial score (nSPS) is 10.5. The molecular weight excluding hydrogens is 326 g/mol. The number of aromatic nitrogens is 1. The maximum atomic E-state index is 5.32. The molecule has 6 heteroatoms. The fourth-order valence-corrected chi connectivity index (χ4v) is 3.35. The molecular formula is C17H17N3OS2. The van der Waals surface area contributed by atoms with Crippen LogP contribution in [-0.4, -0.2) is 23.8 Å². The topological polar surface area (TPSA) is 46.2 Å². The van der Waals surface area contributed by atoms with Crippen LogP contribution in [0.1, 0.15) is 5.56 Å². The van der Waals surface area contributed by atoms with Gasteiger partial charge in [0.15, 0.2) is 10.2 Å². The fourth-order valence-electron chi connectivity index (χ4n) is 2.19. The van der Waals surface area contributed by atoms with E-state index in [-0.39, 0.29) is 0 Å². The Morgan fingerprint density at radius 1 is 1.22 bits per heavy atom. The maximum Gasteiger partial charge on any atom is 0.190 e. The molecule has 0 saturated carbocycles. The van der Waals surface area contributed by atoms with E-state index in [1.807, 2.05) is 36.4 Å². The van der Waals surface area contributed by atoms with E-state index in [9.17, 15) is 0 Å². The highest BCUT2D eigenvalue weighted by Crippen LogP contribution is 2.28. The van der Waals surface area contributed by atoms with Gasteiger partial charge in [-0.2, -0.15) is 0 Å². The Balaban J connectivity index is 1.55. The van der Waals surface area contributed by atoms with Gasteiger partial charge in [0.25, 0.3) is 0 Å². The molecule has 0 amide bonds. The van der Waals surface area contributed by atoms with E-state index in [0.717, 1.165) is 34.1 Å². The average molecular weight is 343 g/mol. The Morgan fingerprint density at radius 3 is 2.83 bits per heavy atom. The molecule has 23 heavy (non-hydrogen) atoms. The molecule has 0 atom stereocenters. The second kappa shape index (κ2) is 7.39. The quantitative estimate of drug-likeness (QED) is 0.689. The van der Waals surface area contributed by atoms with Crippen molar-refractivity contribution >= 4 is 44.0 Å². The number of thiazole rings is 1. The number of hydrogen-bond acceptors (Lipinski definition) is 4. The van der Waals surface area contributed by atoms with Crippen LogP contribution in [0.3, 0.4) is 0 Å². The number of nitrogens with zero attached hydrogens (tertiary/aromatic N) is 1. The van der Waals surface area contributed by atoms with Crippen LogP contribution in [0.25, 0.3) is 10.2 Å². The number of methoxy groups -OCH3 is 1. The zero-order chi connectivity index (χ0) is 16.1. The number of ether oxygens (including phenoxy) is 1. The monoisotopic (exact) mass is 343 g/mol. The summed E-state index contributed by atoms with van der Waals surface area (Å²) >= 11 is 6.88. The number of nitrogens with one attached hydrogen (secondary N) is 2. The van der Waals surface area contributed by atoms with Crippen molar-refractivity contribution < 1.29 is 4.74 Å². The third-order valence-corrected chi connectivity index (χ3v) is 4.54. The third-order valence-electron chi connectivity index (χ3n) is 3.36. The minimum Gasteiger partial charge on any atom is -0.497 e. The lowest BCUT2D eigenvalue weighted by molar-refractivity contribution is 0.415. The van der Waals surface area contributed by atoms with Crippen LogP contribution in [0.2, 0.25) is 0 Å². The lowest BCUT2D eigenvalue weighted by Gasteiger charge is -2.08. The van der Waals surface area contributed by atoms with Crippen LogP contribution >= 0.6 is 23.6 Å². The Bertz CT molecular complexity index is 802. The molecule has 0 saturated heterocycles. The Hall–Kier alpha value is -2.18. The molecule has 4 nitrogen and oxygen atoms in total. The first-order valence-corrected chi connectivity index (χ1v) is 8.50. The van der Waals surface area contributed by atoms with Gasteiger partial charge >= 0.3 is 0 Å². The second-order valence-corrected chi connectivity index (χ2v) is 6.41. The van der Waals surface area contributed by atoms with Crippen LogP contribution in [-0.2, 0) is 6.42 Å². The van der Waals surface area contributed by atoms with E-state index < -0.39 is 0 Å². The number of hydrogen-bond donors (Lipinski definition) is 2. The molecule has 0 bridgehead atoms. The van der Waals surface area contributed by atoms with Crippen molar-refractivity contribution in [1.29, 1.82) is 0 Å². The average Bonchev–Trinajstić information content (AvgIpc) is 2.96. The molecule has 0 spiro atoms. The first-order valence-electron chi connectivity index (χ1n) is 7.28. The lowest BCUT2D eigenvalue weighted by Crippen LogP contribution is -2.30. The summed E-state index contributed by atoms with van der Waals surface area (Å²) in [6.07, 6.45) is 0.930. The summed E-state index contributed by atoms with van der Waals surface area (Å²) in [5, 5.41) is 7.72. The predicted octanol–water partition coefficient (Wildman–Crippen LogP) is 3.83. The van der Waals surface area contributed by atoms with Crippen LogP contribution in [0.4, 0.5) is 5.13 Å². The summed E-state index contributed by atoms with van der Waals surface area (Å²) in [5.74, 6) is 0.830. The SMILES string of the molecule is COc1ccc2nc(NC(=S)NCCc3ccccc3)sc2c1. The summed E-state index contributed by atoms with van der Waals surface area (Å²) in [7, 11) is 1.66. The van der Waals surface area contributed by atoms with Gasteiger partial charge in [0, 0.05) is 6.54 Å². The number of rotatable bonds is 5. The van der Waals surface area contributed by atoms with Crippen LogP contribution < -0.4 is 15.4 Å². The third kappa shape index (κ3) is 4.18. The van der Waals surface area contributed by atoms with Crippen molar-refractivity contribution in [3.05, 3.63) is 54.1 Å².